The predicted molar refractivity (Wildman–Crippen MR) is 91.7 cm³/mol. The maximum Gasteiger partial charge on any atom is 0.249 e. The molecule has 0 aliphatic heterocycles. The van der Waals surface area contributed by atoms with Crippen LogP contribution in [0.4, 0.5) is 27.5 Å². The number of hydrogen-bond acceptors (Lipinski definition) is 5. The zero-order valence-corrected chi connectivity index (χ0v) is 13.8. The Morgan fingerprint density at radius 3 is 2.57 bits per heavy atom. The molecule has 5 nitrogen and oxygen atoms in total. The number of nitrogens with zero attached hydrogens (tertiary/aromatic N) is 3. The van der Waals surface area contributed by atoms with Crippen molar-refractivity contribution in [2.75, 3.05) is 10.6 Å². The summed E-state index contributed by atoms with van der Waals surface area (Å²) >= 11 is 3.43. The van der Waals surface area contributed by atoms with E-state index >= 15 is 0 Å². The summed E-state index contributed by atoms with van der Waals surface area (Å²) in [7, 11) is 0. The fourth-order valence-electron chi connectivity index (χ4n) is 1.98. The van der Waals surface area contributed by atoms with Crippen molar-refractivity contribution in [3.63, 3.8) is 0 Å². The van der Waals surface area contributed by atoms with Crippen molar-refractivity contribution in [2.24, 2.45) is 0 Å². The molecule has 0 atom stereocenters. The van der Waals surface area contributed by atoms with E-state index in [0.717, 1.165) is 15.7 Å². The molecule has 0 unspecified atom stereocenters. The number of halogens is 2. The van der Waals surface area contributed by atoms with Gasteiger partial charge in [-0.1, -0.05) is 15.9 Å². The zero-order chi connectivity index (χ0) is 16.2. The van der Waals surface area contributed by atoms with Crippen LogP contribution in [0, 0.1) is 12.7 Å². The first-order valence-electron chi connectivity index (χ1n) is 6.86. The van der Waals surface area contributed by atoms with Gasteiger partial charge in [0.2, 0.25) is 5.95 Å². The van der Waals surface area contributed by atoms with Crippen molar-refractivity contribution >= 4 is 39.1 Å². The van der Waals surface area contributed by atoms with E-state index in [-0.39, 0.29) is 5.82 Å². The average Bonchev–Trinajstić information content (AvgIpc) is 2.53. The molecule has 23 heavy (non-hydrogen) atoms. The van der Waals surface area contributed by atoms with Gasteiger partial charge in [-0.15, -0.1) is 5.10 Å². The molecule has 3 aromatic rings. The van der Waals surface area contributed by atoms with Crippen LogP contribution in [0.3, 0.4) is 0 Å². The van der Waals surface area contributed by atoms with Gasteiger partial charge in [0.05, 0.1) is 6.20 Å². The first-order valence-corrected chi connectivity index (χ1v) is 7.65. The van der Waals surface area contributed by atoms with E-state index in [0.29, 0.717) is 17.5 Å². The minimum Gasteiger partial charge on any atom is -0.339 e. The Morgan fingerprint density at radius 2 is 1.83 bits per heavy atom. The summed E-state index contributed by atoms with van der Waals surface area (Å²) in [4.78, 5) is 4.35. The highest BCUT2D eigenvalue weighted by Gasteiger charge is 2.04. The highest BCUT2D eigenvalue weighted by Crippen LogP contribution is 2.23. The summed E-state index contributed by atoms with van der Waals surface area (Å²) < 4.78 is 13.9. The van der Waals surface area contributed by atoms with Crippen molar-refractivity contribution in [3.8, 4) is 0 Å². The fraction of sp³-hybridized carbons (Fsp3) is 0.0625. The van der Waals surface area contributed by atoms with Crippen molar-refractivity contribution in [2.45, 2.75) is 6.92 Å². The first kappa shape index (κ1) is 15.4. The van der Waals surface area contributed by atoms with Crippen LogP contribution in [0.25, 0.3) is 0 Å². The van der Waals surface area contributed by atoms with Crippen LogP contribution in [-0.2, 0) is 0 Å². The summed E-state index contributed by atoms with van der Waals surface area (Å²) in [5, 5.41) is 14.0. The van der Waals surface area contributed by atoms with Gasteiger partial charge in [0.15, 0.2) is 5.82 Å². The molecule has 0 saturated heterocycles. The van der Waals surface area contributed by atoms with E-state index in [4.69, 9.17) is 0 Å². The second kappa shape index (κ2) is 6.70. The molecule has 0 spiro atoms. The molecule has 2 aromatic carbocycles. The molecule has 2 N–H and O–H groups in total. The van der Waals surface area contributed by atoms with Gasteiger partial charge in [-0.3, -0.25) is 0 Å². The summed E-state index contributed by atoms with van der Waals surface area (Å²) in [5.74, 6) is 0.599. The normalized spacial score (nSPS) is 10.4. The third-order valence-electron chi connectivity index (χ3n) is 3.11. The second-order valence-corrected chi connectivity index (χ2v) is 5.80. The third-order valence-corrected chi connectivity index (χ3v) is 3.60. The van der Waals surface area contributed by atoms with Gasteiger partial charge in [-0.05, 0) is 55.0 Å². The van der Waals surface area contributed by atoms with Crippen molar-refractivity contribution in [1.82, 2.24) is 15.2 Å². The Balaban J connectivity index is 1.78. The number of nitrogens with one attached hydrogen (secondary N) is 2. The molecule has 0 aliphatic carbocycles. The highest BCUT2D eigenvalue weighted by atomic mass is 79.9. The van der Waals surface area contributed by atoms with Crippen molar-refractivity contribution in [1.29, 1.82) is 0 Å². The molecule has 0 amide bonds. The first-order chi connectivity index (χ1) is 11.1. The molecule has 1 heterocycles. The average molecular weight is 374 g/mol. The molecule has 0 fully saturated rings. The molecule has 116 valence electrons. The molecule has 0 saturated carbocycles. The Hall–Kier alpha value is -2.54. The number of anilines is 4. The largest absolute Gasteiger partial charge is 0.339 e. The lowest BCUT2D eigenvalue weighted by atomic mass is 10.2. The minimum absolute atomic E-state index is 0.296. The number of aryl methyl sites for hydroxylation is 1. The lowest BCUT2D eigenvalue weighted by Crippen LogP contribution is -2.03. The zero-order valence-electron chi connectivity index (χ0n) is 12.2. The Morgan fingerprint density at radius 1 is 1.04 bits per heavy atom. The summed E-state index contributed by atoms with van der Waals surface area (Å²) in [5.41, 5.74) is 2.69. The van der Waals surface area contributed by atoms with Crippen LogP contribution in [-0.4, -0.2) is 15.2 Å². The van der Waals surface area contributed by atoms with Crippen LogP contribution >= 0.6 is 15.9 Å². The Kier molecular flexibility index (Phi) is 4.47. The molecule has 0 radical (unpaired) electrons. The molecular weight excluding hydrogens is 361 g/mol. The van der Waals surface area contributed by atoms with Crippen LogP contribution in [0.2, 0.25) is 0 Å². The number of hydrogen-bond donors (Lipinski definition) is 2. The molecular formula is C16H13BrFN5. The quantitative estimate of drug-likeness (QED) is 0.701. The summed E-state index contributed by atoms with van der Waals surface area (Å²) in [6.45, 7) is 2.00. The van der Waals surface area contributed by atoms with Crippen LogP contribution in [0.1, 0.15) is 5.56 Å². The summed E-state index contributed by atoms with van der Waals surface area (Å²) in [6, 6.07) is 11.9. The Bertz CT molecular complexity index is 823. The van der Waals surface area contributed by atoms with Gasteiger partial charge in [-0.2, -0.15) is 10.1 Å². The van der Waals surface area contributed by atoms with E-state index in [2.05, 4.69) is 41.7 Å². The van der Waals surface area contributed by atoms with Crippen molar-refractivity contribution < 1.29 is 4.39 Å². The van der Waals surface area contributed by atoms with Crippen LogP contribution in [0.15, 0.2) is 53.1 Å². The summed E-state index contributed by atoms with van der Waals surface area (Å²) in [6.07, 6.45) is 1.54. The van der Waals surface area contributed by atoms with E-state index < -0.39 is 0 Å². The van der Waals surface area contributed by atoms with E-state index in [9.17, 15) is 4.39 Å². The van der Waals surface area contributed by atoms with Gasteiger partial charge in [0.25, 0.3) is 0 Å². The Labute approximate surface area is 141 Å². The van der Waals surface area contributed by atoms with E-state index in [1.54, 1.807) is 12.1 Å². The maximum atomic E-state index is 12.9. The molecule has 1 aromatic heterocycles. The standard InChI is InChI=1S/C16H13BrFN5/c1-10-8-11(17)2-7-14(10)21-15-9-19-23-16(22-15)20-13-5-3-12(18)4-6-13/h2-9H,1H3,(H2,20,21,22,23). The van der Waals surface area contributed by atoms with E-state index in [1.807, 2.05) is 25.1 Å². The number of aromatic nitrogens is 3. The minimum atomic E-state index is -0.296. The molecule has 0 aliphatic rings. The lowest BCUT2D eigenvalue weighted by molar-refractivity contribution is 0.628. The van der Waals surface area contributed by atoms with Gasteiger partial charge in [0, 0.05) is 15.8 Å². The number of rotatable bonds is 4. The van der Waals surface area contributed by atoms with Crippen LogP contribution < -0.4 is 10.6 Å². The molecule has 3 rings (SSSR count). The topological polar surface area (TPSA) is 62.7 Å². The SMILES string of the molecule is Cc1cc(Br)ccc1Nc1cnnc(Nc2ccc(F)cc2)n1. The predicted octanol–water partition coefficient (Wildman–Crippen LogP) is 4.57. The lowest BCUT2D eigenvalue weighted by Gasteiger charge is -2.10. The fourth-order valence-corrected chi connectivity index (χ4v) is 2.46. The maximum absolute atomic E-state index is 12.9. The van der Waals surface area contributed by atoms with Crippen LogP contribution in [0.5, 0.6) is 0 Å². The van der Waals surface area contributed by atoms with Gasteiger partial charge < -0.3 is 10.6 Å². The third kappa shape index (κ3) is 4.01. The molecule has 7 heteroatoms. The number of benzene rings is 2. The van der Waals surface area contributed by atoms with Crippen molar-refractivity contribution in [3.05, 3.63) is 64.5 Å². The smallest absolute Gasteiger partial charge is 0.249 e. The van der Waals surface area contributed by atoms with E-state index in [1.165, 1.54) is 18.3 Å². The van der Waals surface area contributed by atoms with Gasteiger partial charge in [-0.25, -0.2) is 4.39 Å². The highest BCUT2D eigenvalue weighted by molar-refractivity contribution is 9.10. The monoisotopic (exact) mass is 373 g/mol. The van der Waals surface area contributed by atoms with Gasteiger partial charge >= 0.3 is 0 Å². The molecule has 0 bridgehead atoms. The second-order valence-electron chi connectivity index (χ2n) is 4.88. The van der Waals surface area contributed by atoms with Gasteiger partial charge in [0.1, 0.15) is 5.82 Å².